The predicted octanol–water partition coefficient (Wildman–Crippen LogP) is 5.72. The zero-order chi connectivity index (χ0) is 17.4. The van der Waals surface area contributed by atoms with E-state index in [9.17, 15) is 8.78 Å². The van der Waals surface area contributed by atoms with E-state index in [2.05, 4.69) is 10.2 Å². The van der Waals surface area contributed by atoms with Gasteiger partial charge in [0.15, 0.2) is 10.8 Å². The van der Waals surface area contributed by atoms with Gasteiger partial charge in [-0.3, -0.25) is 0 Å². The maximum absolute atomic E-state index is 13.9. The summed E-state index contributed by atoms with van der Waals surface area (Å²) in [5.74, 6) is -0.479. The van der Waals surface area contributed by atoms with Crippen molar-refractivity contribution in [3.8, 4) is 32.7 Å². The smallest absolute Gasteiger partial charge is 0.183 e. The molecule has 0 aliphatic heterocycles. The topological polar surface area (TPSA) is 38.9 Å². The van der Waals surface area contributed by atoms with E-state index in [1.54, 1.807) is 12.1 Å². The van der Waals surface area contributed by atoms with E-state index in [1.165, 1.54) is 29.0 Å². The number of benzene rings is 2. The number of furan rings is 1. The van der Waals surface area contributed by atoms with Crippen LogP contribution in [0, 0.1) is 18.6 Å². The fraction of sp³-hybridized carbons (Fsp3) is 0.0526. The molecule has 0 fully saturated rings. The lowest BCUT2D eigenvalue weighted by molar-refractivity contribution is 0.566. The molecule has 4 rings (SSSR count). The SMILES string of the molecule is Cc1ccc(-c2nnc(-c3ccc(-c4ccc(F)cc4F)o3)s2)cc1. The van der Waals surface area contributed by atoms with Gasteiger partial charge in [-0.05, 0) is 31.2 Å². The van der Waals surface area contributed by atoms with Crippen LogP contribution in [-0.4, -0.2) is 10.2 Å². The van der Waals surface area contributed by atoms with Crippen LogP contribution in [-0.2, 0) is 0 Å². The molecule has 2 aromatic carbocycles. The number of aryl methyl sites for hydroxylation is 1. The Morgan fingerprint density at radius 2 is 1.56 bits per heavy atom. The minimum Gasteiger partial charge on any atom is -0.453 e. The monoisotopic (exact) mass is 354 g/mol. The summed E-state index contributed by atoms with van der Waals surface area (Å²) in [5, 5.41) is 9.72. The minimum atomic E-state index is -0.668. The Morgan fingerprint density at radius 3 is 2.32 bits per heavy atom. The molecule has 0 radical (unpaired) electrons. The Bertz CT molecular complexity index is 1040. The van der Waals surface area contributed by atoms with Crippen molar-refractivity contribution in [1.82, 2.24) is 10.2 Å². The number of rotatable bonds is 3. The highest BCUT2D eigenvalue weighted by atomic mass is 32.1. The summed E-state index contributed by atoms with van der Waals surface area (Å²) in [4.78, 5) is 0. The first-order valence-electron chi connectivity index (χ1n) is 7.56. The lowest BCUT2D eigenvalue weighted by Crippen LogP contribution is -1.84. The van der Waals surface area contributed by atoms with E-state index < -0.39 is 11.6 Å². The molecular weight excluding hydrogens is 342 g/mol. The number of halogens is 2. The van der Waals surface area contributed by atoms with Crippen molar-refractivity contribution in [2.75, 3.05) is 0 Å². The summed E-state index contributed by atoms with van der Waals surface area (Å²) >= 11 is 1.39. The van der Waals surface area contributed by atoms with Gasteiger partial charge in [0.2, 0.25) is 0 Å². The lowest BCUT2D eigenvalue weighted by atomic mass is 10.1. The highest BCUT2D eigenvalue weighted by Crippen LogP contribution is 2.34. The van der Waals surface area contributed by atoms with Crippen molar-refractivity contribution < 1.29 is 13.2 Å². The molecule has 0 unspecified atom stereocenters. The average Bonchev–Trinajstić information content (AvgIpc) is 3.24. The van der Waals surface area contributed by atoms with Gasteiger partial charge in [0.05, 0.1) is 5.56 Å². The van der Waals surface area contributed by atoms with Crippen LogP contribution in [0.5, 0.6) is 0 Å². The van der Waals surface area contributed by atoms with E-state index in [-0.39, 0.29) is 5.56 Å². The minimum absolute atomic E-state index is 0.205. The number of hydrogen-bond acceptors (Lipinski definition) is 4. The molecule has 0 atom stereocenters. The van der Waals surface area contributed by atoms with Gasteiger partial charge in [0.1, 0.15) is 22.4 Å². The Balaban J connectivity index is 1.65. The molecule has 25 heavy (non-hydrogen) atoms. The van der Waals surface area contributed by atoms with Gasteiger partial charge in [-0.25, -0.2) is 8.78 Å². The zero-order valence-electron chi connectivity index (χ0n) is 13.2. The van der Waals surface area contributed by atoms with Crippen LogP contribution in [0.25, 0.3) is 32.7 Å². The maximum Gasteiger partial charge on any atom is 0.183 e. The zero-order valence-corrected chi connectivity index (χ0v) is 14.0. The second-order valence-corrected chi connectivity index (χ2v) is 6.54. The summed E-state index contributed by atoms with van der Waals surface area (Å²) in [5.41, 5.74) is 2.35. The van der Waals surface area contributed by atoms with Crippen molar-refractivity contribution >= 4 is 11.3 Å². The Kier molecular flexibility index (Phi) is 3.89. The number of hydrogen-bond donors (Lipinski definition) is 0. The fourth-order valence-corrected chi connectivity index (χ4v) is 3.23. The largest absolute Gasteiger partial charge is 0.453 e. The Labute approximate surface area is 146 Å². The van der Waals surface area contributed by atoms with Gasteiger partial charge in [0, 0.05) is 11.6 Å². The number of aromatic nitrogens is 2. The highest BCUT2D eigenvalue weighted by Gasteiger charge is 2.15. The van der Waals surface area contributed by atoms with Gasteiger partial charge in [-0.15, -0.1) is 10.2 Å². The van der Waals surface area contributed by atoms with E-state index in [0.717, 1.165) is 16.6 Å². The molecule has 124 valence electrons. The second-order valence-electron chi connectivity index (χ2n) is 5.57. The van der Waals surface area contributed by atoms with Gasteiger partial charge < -0.3 is 4.42 Å². The van der Waals surface area contributed by atoms with Crippen LogP contribution in [0.15, 0.2) is 59.0 Å². The van der Waals surface area contributed by atoms with Crippen LogP contribution in [0.1, 0.15) is 5.56 Å². The Hall–Kier alpha value is -2.86. The van der Waals surface area contributed by atoms with E-state index >= 15 is 0 Å². The van der Waals surface area contributed by atoms with E-state index in [4.69, 9.17) is 4.42 Å². The molecule has 3 nitrogen and oxygen atoms in total. The van der Waals surface area contributed by atoms with Crippen molar-refractivity contribution in [3.63, 3.8) is 0 Å². The molecule has 2 heterocycles. The van der Waals surface area contributed by atoms with Gasteiger partial charge in [-0.2, -0.15) is 0 Å². The summed E-state index contributed by atoms with van der Waals surface area (Å²) in [7, 11) is 0. The lowest BCUT2D eigenvalue weighted by Gasteiger charge is -1.99. The molecule has 0 saturated heterocycles. The summed E-state index contributed by atoms with van der Waals surface area (Å²) in [6.07, 6.45) is 0. The van der Waals surface area contributed by atoms with Crippen LogP contribution < -0.4 is 0 Å². The van der Waals surface area contributed by atoms with Gasteiger partial charge >= 0.3 is 0 Å². The molecule has 0 N–H and O–H groups in total. The summed E-state index contributed by atoms with van der Waals surface area (Å²) < 4.78 is 32.6. The van der Waals surface area contributed by atoms with Crippen molar-refractivity contribution in [3.05, 3.63) is 71.8 Å². The second kappa shape index (κ2) is 6.22. The maximum atomic E-state index is 13.9. The van der Waals surface area contributed by atoms with Crippen molar-refractivity contribution in [2.45, 2.75) is 6.92 Å². The Morgan fingerprint density at radius 1 is 0.840 bits per heavy atom. The van der Waals surface area contributed by atoms with Crippen molar-refractivity contribution in [1.29, 1.82) is 0 Å². The molecule has 0 bridgehead atoms. The van der Waals surface area contributed by atoms with Crippen LogP contribution in [0.3, 0.4) is 0 Å². The van der Waals surface area contributed by atoms with Crippen molar-refractivity contribution in [2.24, 2.45) is 0 Å². The normalized spacial score (nSPS) is 11.0. The van der Waals surface area contributed by atoms with E-state index in [1.807, 2.05) is 31.2 Å². The highest BCUT2D eigenvalue weighted by molar-refractivity contribution is 7.17. The molecule has 0 aliphatic carbocycles. The van der Waals surface area contributed by atoms with Gasteiger partial charge in [0.25, 0.3) is 0 Å². The van der Waals surface area contributed by atoms with Crippen LogP contribution in [0.2, 0.25) is 0 Å². The molecule has 0 spiro atoms. The quantitative estimate of drug-likeness (QED) is 0.472. The first-order valence-corrected chi connectivity index (χ1v) is 8.38. The molecule has 0 amide bonds. The molecule has 4 aromatic rings. The fourth-order valence-electron chi connectivity index (χ4n) is 2.42. The summed E-state index contributed by atoms with van der Waals surface area (Å²) in [6, 6.07) is 14.7. The first-order chi connectivity index (χ1) is 12.1. The van der Waals surface area contributed by atoms with Gasteiger partial charge in [-0.1, -0.05) is 41.2 Å². The molecule has 0 aliphatic rings. The standard InChI is InChI=1S/C19H12F2N2OS/c1-11-2-4-12(5-3-11)18-22-23-19(25-18)17-9-8-16(24-17)14-7-6-13(20)10-15(14)21/h2-10H,1H3. The average molecular weight is 354 g/mol. The number of nitrogens with zero attached hydrogens (tertiary/aromatic N) is 2. The molecule has 0 saturated carbocycles. The van der Waals surface area contributed by atoms with E-state index in [0.29, 0.717) is 16.5 Å². The third-order valence-electron chi connectivity index (χ3n) is 3.74. The predicted molar refractivity (Wildman–Crippen MR) is 93.1 cm³/mol. The third-order valence-corrected chi connectivity index (χ3v) is 4.72. The molecule has 2 aromatic heterocycles. The molecule has 6 heteroatoms. The first kappa shape index (κ1) is 15.7. The third kappa shape index (κ3) is 3.08. The molecular formula is C19H12F2N2OS. The van der Waals surface area contributed by atoms with Crippen LogP contribution in [0.4, 0.5) is 8.78 Å². The summed E-state index contributed by atoms with van der Waals surface area (Å²) in [6.45, 7) is 2.02. The van der Waals surface area contributed by atoms with Crippen LogP contribution >= 0.6 is 11.3 Å².